The van der Waals surface area contributed by atoms with Crippen LogP contribution in [0.5, 0.6) is 0 Å². The van der Waals surface area contributed by atoms with Gasteiger partial charge in [0, 0.05) is 16.7 Å². The Morgan fingerprint density at radius 1 is 1.00 bits per heavy atom. The van der Waals surface area contributed by atoms with Crippen LogP contribution < -0.4 is 5.32 Å². The zero-order valence-electron chi connectivity index (χ0n) is 12.4. The van der Waals surface area contributed by atoms with Crippen molar-refractivity contribution in [2.24, 2.45) is 0 Å². The number of benzene rings is 2. The van der Waals surface area contributed by atoms with Gasteiger partial charge >= 0.3 is 0 Å². The molecule has 21 heavy (non-hydrogen) atoms. The summed E-state index contributed by atoms with van der Waals surface area (Å²) in [5.41, 5.74) is 3.66. The highest BCUT2D eigenvalue weighted by Crippen LogP contribution is 2.26. The maximum Gasteiger partial charge on any atom is 0.159 e. The Labute approximate surface area is 128 Å². The van der Waals surface area contributed by atoms with E-state index in [4.69, 9.17) is 0 Å². The van der Waals surface area contributed by atoms with E-state index in [-0.39, 0.29) is 6.04 Å². The molecule has 0 heterocycles. The van der Waals surface area contributed by atoms with E-state index >= 15 is 0 Å². The van der Waals surface area contributed by atoms with Gasteiger partial charge in [0.1, 0.15) is 0 Å². The van der Waals surface area contributed by atoms with E-state index < -0.39 is 11.6 Å². The quantitative estimate of drug-likeness (QED) is 0.808. The molecule has 0 saturated heterocycles. The van der Waals surface area contributed by atoms with Crippen LogP contribution in [0.25, 0.3) is 0 Å². The minimum atomic E-state index is -0.807. The van der Waals surface area contributed by atoms with Crippen molar-refractivity contribution < 1.29 is 8.78 Å². The summed E-state index contributed by atoms with van der Waals surface area (Å²) in [5.74, 6) is -0.851. The number of aryl methyl sites for hydroxylation is 2. The molecule has 0 aliphatic rings. The molecule has 0 aromatic heterocycles. The Morgan fingerprint density at radius 3 is 2.24 bits per heavy atom. The minimum absolute atomic E-state index is 0.168. The van der Waals surface area contributed by atoms with Gasteiger partial charge in [-0.2, -0.15) is 0 Å². The first kappa shape index (κ1) is 16.0. The molecule has 0 bridgehead atoms. The fraction of sp³-hybridized carbons (Fsp3) is 0.294. The third-order valence-corrected chi connectivity index (χ3v) is 4.39. The molecule has 0 amide bonds. The Kier molecular flexibility index (Phi) is 5.37. The lowest BCUT2D eigenvalue weighted by molar-refractivity contribution is 0.506. The zero-order chi connectivity index (χ0) is 15.4. The smallest absolute Gasteiger partial charge is 0.159 e. The predicted molar refractivity (Wildman–Crippen MR) is 84.8 cm³/mol. The molecular formula is C17H19F2NS. The Balaban J connectivity index is 2.10. The van der Waals surface area contributed by atoms with E-state index in [0.717, 1.165) is 10.6 Å². The summed E-state index contributed by atoms with van der Waals surface area (Å²) in [7, 11) is 1.91. The summed E-state index contributed by atoms with van der Waals surface area (Å²) in [4.78, 5) is 0.735. The summed E-state index contributed by atoms with van der Waals surface area (Å²) < 4.78 is 26.1. The molecule has 2 aromatic carbocycles. The largest absolute Gasteiger partial charge is 0.312 e. The van der Waals surface area contributed by atoms with Crippen molar-refractivity contribution in [2.75, 3.05) is 12.8 Å². The monoisotopic (exact) mass is 307 g/mol. The SMILES string of the molecule is CNC(CSc1ccc(F)c(F)c1)c1cc(C)cc(C)c1. The van der Waals surface area contributed by atoms with E-state index in [1.54, 1.807) is 6.07 Å². The summed E-state index contributed by atoms with van der Waals surface area (Å²) >= 11 is 1.51. The van der Waals surface area contributed by atoms with Gasteiger partial charge in [0.05, 0.1) is 0 Å². The first-order valence-electron chi connectivity index (χ1n) is 6.83. The van der Waals surface area contributed by atoms with Gasteiger partial charge in [0.15, 0.2) is 11.6 Å². The van der Waals surface area contributed by atoms with Crippen molar-refractivity contribution in [2.45, 2.75) is 24.8 Å². The molecule has 0 radical (unpaired) electrons. The summed E-state index contributed by atoms with van der Waals surface area (Å²) in [6.07, 6.45) is 0. The van der Waals surface area contributed by atoms with Crippen LogP contribution in [0.4, 0.5) is 8.78 Å². The lowest BCUT2D eigenvalue weighted by atomic mass is 10.0. The topological polar surface area (TPSA) is 12.0 Å². The highest BCUT2D eigenvalue weighted by molar-refractivity contribution is 7.99. The first-order chi connectivity index (χ1) is 9.99. The van der Waals surface area contributed by atoms with Crippen LogP contribution in [0.1, 0.15) is 22.7 Å². The average molecular weight is 307 g/mol. The molecule has 1 unspecified atom stereocenters. The second kappa shape index (κ2) is 7.05. The molecule has 0 aliphatic heterocycles. The number of thioether (sulfide) groups is 1. The van der Waals surface area contributed by atoms with Crippen LogP contribution in [-0.4, -0.2) is 12.8 Å². The third kappa shape index (κ3) is 4.29. The number of hydrogen-bond donors (Lipinski definition) is 1. The molecule has 0 aliphatic carbocycles. The van der Waals surface area contributed by atoms with Crippen LogP contribution in [0.3, 0.4) is 0 Å². The van der Waals surface area contributed by atoms with Gasteiger partial charge in [0.25, 0.3) is 0 Å². The van der Waals surface area contributed by atoms with E-state index in [0.29, 0.717) is 0 Å². The van der Waals surface area contributed by atoms with Gasteiger partial charge in [-0.1, -0.05) is 29.3 Å². The third-order valence-electron chi connectivity index (χ3n) is 3.30. The molecular weight excluding hydrogens is 288 g/mol. The number of halogens is 2. The molecule has 0 fully saturated rings. The molecule has 0 spiro atoms. The Hall–Kier alpha value is -1.39. The van der Waals surface area contributed by atoms with Crippen LogP contribution in [0, 0.1) is 25.5 Å². The van der Waals surface area contributed by atoms with Crippen molar-refractivity contribution in [1.29, 1.82) is 0 Å². The highest BCUT2D eigenvalue weighted by Gasteiger charge is 2.11. The lowest BCUT2D eigenvalue weighted by Gasteiger charge is -2.17. The molecule has 112 valence electrons. The first-order valence-corrected chi connectivity index (χ1v) is 7.81. The van der Waals surface area contributed by atoms with Crippen LogP contribution in [-0.2, 0) is 0 Å². The average Bonchev–Trinajstić information content (AvgIpc) is 2.42. The molecule has 2 rings (SSSR count). The van der Waals surface area contributed by atoms with Crippen LogP contribution in [0.2, 0.25) is 0 Å². The number of rotatable bonds is 5. The number of nitrogens with one attached hydrogen (secondary N) is 1. The highest BCUT2D eigenvalue weighted by atomic mass is 32.2. The molecule has 0 saturated carbocycles. The summed E-state index contributed by atoms with van der Waals surface area (Å²) in [5, 5.41) is 3.28. The maximum absolute atomic E-state index is 13.2. The maximum atomic E-state index is 13.2. The summed E-state index contributed by atoms with van der Waals surface area (Å²) in [6.45, 7) is 4.15. The van der Waals surface area contributed by atoms with Crippen molar-refractivity contribution >= 4 is 11.8 Å². The van der Waals surface area contributed by atoms with Crippen LogP contribution in [0.15, 0.2) is 41.3 Å². The van der Waals surface area contributed by atoms with Gasteiger partial charge in [-0.15, -0.1) is 11.8 Å². The van der Waals surface area contributed by atoms with E-state index in [9.17, 15) is 8.78 Å². The molecule has 1 atom stereocenters. The predicted octanol–water partition coefficient (Wildman–Crippen LogP) is 4.63. The van der Waals surface area contributed by atoms with Crippen LogP contribution >= 0.6 is 11.8 Å². The second-order valence-corrected chi connectivity index (χ2v) is 6.24. The molecule has 1 N–H and O–H groups in total. The Bertz CT molecular complexity index is 608. The van der Waals surface area contributed by atoms with Gasteiger partial charge in [-0.3, -0.25) is 0 Å². The fourth-order valence-corrected chi connectivity index (χ4v) is 3.37. The molecule has 2 aromatic rings. The minimum Gasteiger partial charge on any atom is -0.312 e. The van der Waals surface area contributed by atoms with Gasteiger partial charge in [-0.05, 0) is 44.7 Å². The Morgan fingerprint density at radius 2 is 1.67 bits per heavy atom. The standard InChI is InChI=1S/C17H19F2NS/c1-11-6-12(2)8-13(7-11)17(20-3)10-21-14-4-5-15(18)16(19)9-14/h4-9,17,20H,10H2,1-3H3. The van der Waals surface area contributed by atoms with Gasteiger partial charge in [-0.25, -0.2) is 8.78 Å². The van der Waals surface area contributed by atoms with Crippen molar-refractivity contribution in [1.82, 2.24) is 5.32 Å². The van der Waals surface area contributed by atoms with E-state index in [1.807, 2.05) is 7.05 Å². The molecule has 4 heteroatoms. The molecule has 1 nitrogen and oxygen atoms in total. The van der Waals surface area contributed by atoms with Crippen molar-refractivity contribution in [3.63, 3.8) is 0 Å². The summed E-state index contributed by atoms with van der Waals surface area (Å²) in [6, 6.07) is 10.6. The van der Waals surface area contributed by atoms with Crippen molar-refractivity contribution in [3.05, 3.63) is 64.7 Å². The van der Waals surface area contributed by atoms with Gasteiger partial charge in [0.2, 0.25) is 0 Å². The fourth-order valence-electron chi connectivity index (χ4n) is 2.30. The lowest BCUT2D eigenvalue weighted by Crippen LogP contribution is -2.19. The second-order valence-electron chi connectivity index (χ2n) is 5.15. The normalized spacial score (nSPS) is 12.4. The van der Waals surface area contributed by atoms with E-state index in [1.165, 1.54) is 40.6 Å². The van der Waals surface area contributed by atoms with Crippen molar-refractivity contribution in [3.8, 4) is 0 Å². The number of hydrogen-bond acceptors (Lipinski definition) is 2. The van der Waals surface area contributed by atoms with E-state index in [2.05, 4.69) is 37.4 Å². The van der Waals surface area contributed by atoms with Gasteiger partial charge < -0.3 is 5.32 Å². The zero-order valence-corrected chi connectivity index (χ0v) is 13.2.